The van der Waals surface area contributed by atoms with Gasteiger partial charge in [-0.1, -0.05) is 24.3 Å². The second-order valence-electron chi connectivity index (χ2n) is 7.08. The number of furan rings is 1. The van der Waals surface area contributed by atoms with Crippen LogP contribution in [0.15, 0.2) is 52.1 Å². The number of rotatable bonds is 5. The summed E-state index contributed by atoms with van der Waals surface area (Å²) in [6.45, 7) is 8.96. The van der Waals surface area contributed by atoms with Crippen LogP contribution in [0.5, 0.6) is 0 Å². The zero-order chi connectivity index (χ0) is 19.3. The molecule has 1 aromatic carbocycles. The van der Waals surface area contributed by atoms with E-state index in [1.807, 2.05) is 19.1 Å². The molecule has 0 bridgehead atoms. The van der Waals surface area contributed by atoms with Crippen LogP contribution in [-0.4, -0.2) is 48.8 Å². The molecule has 2 aromatic rings. The summed E-state index contributed by atoms with van der Waals surface area (Å²) in [5.41, 5.74) is 1.29. The van der Waals surface area contributed by atoms with E-state index in [9.17, 15) is 5.11 Å². The number of aliphatic imine (C=N–C) groups is 1. The van der Waals surface area contributed by atoms with Gasteiger partial charge in [0.05, 0.1) is 26.0 Å². The maximum absolute atomic E-state index is 10.7. The van der Waals surface area contributed by atoms with E-state index in [1.165, 1.54) is 11.1 Å². The average Bonchev–Trinajstić information content (AvgIpc) is 3.21. The minimum Gasteiger partial charge on any atom is -0.466 e. The lowest BCUT2D eigenvalue weighted by Gasteiger charge is -2.36. The maximum Gasteiger partial charge on any atom is 0.194 e. The first-order chi connectivity index (χ1) is 13.0. The first-order valence-corrected chi connectivity index (χ1v) is 9.48. The smallest absolute Gasteiger partial charge is 0.194 e. The SMILES string of the molecule is CCNC(=NCC(C)(O)c1ccco1)N1CCOC(c2ccccc2C)C1. The Balaban J connectivity index is 1.75. The second kappa shape index (κ2) is 8.59. The Morgan fingerprint density at radius 3 is 2.85 bits per heavy atom. The normalized spacial score (nSPS) is 20.4. The zero-order valence-electron chi connectivity index (χ0n) is 16.3. The lowest BCUT2D eigenvalue weighted by Crippen LogP contribution is -2.48. The van der Waals surface area contributed by atoms with E-state index >= 15 is 0 Å². The molecule has 2 atom stereocenters. The first kappa shape index (κ1) is 19.5. The molecule has 27 heavy (non-hydrogen) atoms. The summed E-state index contributed by atoms with van der Waals surface area (Å²) in [5.74, 6) is 1.30. The molecule has 1 aliphatic heterocycles. The number of aryl methyl sites for hydroxylation is 1. The van der Waals surface area contributed by atoms with Gasteiger partial charge in [-0.2, -0.15) is 0 Å². The van der Waals surface area contributed by atoms with Crippen LogP contribution in [0.3, 0.4) is 0 Å². The zero-order valence-corrected chi connectivity index (χ0v) is 16.3. The Kier molecular flexibility index (Phi) is 6.19. The molecule has 3 rings (SSSR count). The van der Waals surface area contributed by atoms with E-state index in [1.54, 1.807) is 25.3 Å². The minimum atomic E-state index is -1.15. The lowest BCUT2D eigenvalue weighted by molar-refractivity contribution is -0.00872. The van der Waals surface area contributed by atoms with Gasteiger partial charge >= 0.3 is 0 Å². The van der Waals surface area contributed by atoms with Crippen LogP contribution in [0.4, 0.5) is 0 Å². The van der Waals surface area contributed by atoms with E-state index in [2.05, 4.69) is 34.3 Å². The van der Waals surface area contributed by atoms with Gasteiger partial charge in [0.2, 0.25) is 0 Å². The highest BCUT2D eigenvalue weighted by Crippen LogP contribution is 2.25. The number of hydrogen-bond acceptors (Lipinski definition) is 4. The van der Waals surface area contributed by atoms with Crippen molar-refractivity contribution < 1.29 is 14.3 Å². The number of nitrogens with one attached hydrogen (secondary N) is 1. The number of ether oxygens (including phenoxy) is 1. The van der Waals surface area contributed by atoms with Crippen molar-refractivity contribution in [3.63, 3.8) is 0 Å². The summed E-state index contributed by atoms with van der Waals surface area (Å²) < 4.78 is 11.4. The molecule has 6 nitrogen and oxygen atoms in total. The first-order valence-electron chi connectivity index (χ1n) is 9.48. The van der Waals surface area contributed by atoms with Crippen LogP contribution in [-0.2, 0) is 10.3 Å². The van der Waals surface area contributed by atoms with E-state index in [0.29, 0.717) is 12.4 Å². The Hall–Kier alpha value is -2.31. The van der Waals surface area contributed by atoms with Crippen molar-refractivity contribution in [3.8, 4) is 0 Å². The highest BCUT2D eigenvalue weighted by Gasteiger charge is 2.28. The van der Waals surface area contributed by atoms with E-state index in [0.717, 1.165) is 25.6 Å². The summed E-state index contributed by atoms with van der Waals surface area (Å²) in [6, 6.07) is 11.9. The van der Waals surface area contributed by atoms with E-state index in [-0.39, 0.29) is 12.6 Å². The molecular formula is C21H29N3O3. The molecule has 2 heterocycles. The van der Waals surface area contributed by atoms with Crippen LogP contribution in [0.25, 0.3) is 0 Å². The fourth-order valence-corrected chi connectivity index (χ4v) is 3.30. The molecule has 1 aromatic heterocycles. The molecular weight excluding hydrogens is 342 g/mol. The molecule has 2 N–H and O–H groups in total. The summed E-state index contributed by atoms with van der Waals surface area (Å²) in [6.07, 6.45) is 1.57. The van der Waals surface area contributed by atoms with Crippen LogP contribution >= 0.6 is 0 Å². The molecule has 0 saturated carbocycles. The summed E-state index contributed by atoms with van der Waals surface area (Å²) in [7, 11) is 0. The van der Waals surface area contributed by atoms with Gasteiger partial charge in [0.25, 0.3) is 0 Å². The predicted octanol–water partition coefficient (Wildman–Crippen LogP) is 2.83. The van der Waals surface area contributed by atoms with Crippen LogP contribution < -0.4 is 5.32 Å². The molecule has 1 saturated heterocycles. The number of nitrogens with zero attached hydrogens (tertiary/aromatic N) is 2. The third-order valence-corrected chi connectivity index (χ3v) is 4.82. The predicted molar refractivity (Wildman–Crippen MR) is 106 cm³/mol. The van der Waals surface area contributed by atoms with Crippen molar-refractivity contribution in [1.82, 2.24) is 10.2 Å². The van der Waals surface area contributed by atoms with Crippen molar-refractivity contribution >= 4 is 5.96 Å². The highest BCUT2D eigenvalue weighted by atomic mass is 16.5. The topological polar surface area (TPSA) is 70.2 Å². The number of morpholine rings is 1. The molecule has 1 fully saturated rings. The second-order valence-corrected chi connectivity index (χ2v) is 7.08. The van der Waals surface area contributed by atoms with Crippen LogP contribution in [0.2, 0.25) is 0 Å². The third-order valence-electron chi connectivity index (χ3n) is 4.82. The van der Waals surface area contributed by atoms with Gasteiger partial charge in [-0.3, -0.25) is 0 Å². The Morgan fingerprint density at radius 1 is 1.33 bits per heavy atom. The van der Waals surface area contributed by atoms with Gasteiger partial charge in [0, 0.05) is 13.1 Å². The number of aliphatic hydroxyl groups is 1. The van der Waals surface area contributed by atoms with Crippen LogP contribution in [0.1, 0.15) is 36.8 Å². The molecule has 0 radical (unpaired) electrons. The molecule has 6 heteroatoms. The average molecular weight is 371 g/mol. The maximum atomic E-state index is 10.7. The molecule has 2 unspecified atom stereocenters. The third kappa shape index (κ3) is 4.70. The van der Waals surface area contributed by atoms with Gasteiger partial charge < -0.3 is 24.5 Å². The molecule has 1 aliphatic rings. The van der Waals surface area contributed by atoms with E-state index < -0.39 is 5.60 Å². The molecule has 0 aliphatic carbocycles. The molecule has 0 spiro atoms. The van der Waals surface area contributed by atoms with Crippen molar-refractivity contribution in [2.45, 2.75) is 32.5 Å². The Labute approximate surface area is 160 Å². The van der Waals surface area contributed by atoms with Crippen molar-refractivity contribution in [2.75, 3.05) is 32.8 Å². The van der Waals surface area contributed by atoms with Crippen molar-refractivity contribution in [2.24, 2.45) is 4.99 Å². The number of guanidine groups is 1. The molecule has 146 valence electrons. The van der Waals surface area contributed by atoms with Gasteiger partial charge in [0.1, 0.15) is 17.5 Å². The summed E-state index contributed by atoms with van der Waals surface area (Å²) in [5, 5.41) is 14.0. The molecule has 0 amide bonds. The fourth-order valence-electron chi connectivity index (χ4n) is 3.30. The lowest BCUT2D eigenvalue weighted by atomic mass is 10.0. The monoisotopic (exact) mass is 371 g/mol. The van der Waals surface area contributed by atoms with Crippen LogP contribution in [0, 0.1) is 6.92 Å². The van der Waals surface area contributed by atoms with Crippen molar-refractivity contribution in [3.05, 3.63) is 59.5 Å². The number of hydrogen-bond donors (Lipinski definition) is 2. The summed E-state index contributed by atoms with van der Waals surface area (Å²) in [4.78, 5) is 6.88. The Bertz CT molecular complexity index is 756. The summed E-state index contributed by atoms with van der Waals surface area (Å²) >= 11 is 0. The van der Waals surface area contributed by atoms with E-state index in [4.69, 9.17) is 9.15 Å². The van der Waals surface area contributed by atoms with Gasteiger partial charge in [-0.05, 0) is 44.0 Å². The van der Waals surface area contributed by atoms with Gasteiger partial charge in [0.15, 0.2) is 5.96 Å². The Morgan fingerprint density at radius 2 is 2.15 bits per heavy atom. The standard InChI is InChI=1S/C21H29N3O3/c1-4-22-20(23-15-21(3,25)19-10-7-12-27-19)24-11-13-26-18(14-24)17-9-6-5-8-16(17)2/h5-10,12,18,25H,4,11,13-15H2,1-3H3,(H,22,23). The fraction of sp³-hybridized carbons (Fsp3) is 0.476. The largest absolute Gasteiger partial charge is 0.466 e. The number of benzene rings is 1. The van der Waals surface area contributed by atoms with Gasteiger partial charge in [-0.25, -0.2) is 4.99 Å². The quantitative estimate of drug-likeness (QED) is 0.625. The van der Waals surface area contributed by atoms with Crippen molar-refractivity contribution in [1.29, 1.82) is 0 Å². The minimum absolute atomic E-state index is 0.00869. The highest BCUT2D eigenvalue weighted by molar-refractivity contribution is 5.80. The van der Waals surface area contributed by atoms with Gasteiger partial charge in [-0.15, -0.1) is 0 Å².